The molecule has 0 aliphatic carbocycles. The molecule has 80 valence electrons. The van der Waals surface area contributed by atoms with Crippen molar-refractivity contribution in [2.75, 3.05) is 0 Å². The Morgan fingerprint density at radius 2 is 2.07 bits per heavy atom. The molecule has 0 saturated heterocycles. The average molecular weight is 206 g/mol. The molecule has 1 aromatic rings. The van der Waals surface area contributed by atoms with Crippen LogP contribution in [0.4, 0.5) is 0 Å². The van der Waals surface area contributed by atoms with Crippen LogP contribution in [0.15, 0.2) is 18.0 Å². The van der Waals surface area contributed by atoms with E-state index >= 15 is 0 Å². The zero-order valence-electron chi connectivity index (χ0n) is 9.15. The van der Waals surface area contributed by atoms with Gasteiger partial charge in [-0.05, 0) is 19.9 Å². The summed E-state index contributed by atoms with van der Waals surface area (Å²) >= 11 is 0. The second-order valence-corrected chi connectivity index (χ2v) is 3.54. The van der Waals surface area contributed by atoms with Gasteiger partial charge in [-0.15, -0.1) is 0 Å². The van der Waals surface area contributed by atoms with Crippen molar-refractivity contribution in [2.45, 2.75) is 27.2 Å². The van der Waals surface area contributed by atoms with E-state index in [1.807, 2.05) is 6.92 Å². The van der Waals surface area contributed by atoms with Crippen LogP contribution in [0, 0.1) is 0 Å². The molecular formula is C11H14N2O2. The van der Waals surface area contributed by atoms with Crippen LogP contribution < -0.4 is 0 Å². The summed E-state index contributed by atoms with van der Waals surface area (Å²) in [5.74, 6) is 0.584. The summed E-state index contributed by atoms with van der Waals surface area (Å²) < 4.78 is 1.45. The van der Waals surface area contributed by atoms with Crippen molar-refractivity contribution in [3.05, 3.63) is 23.8 Å². The van der Waals surface area contributed by atoms with Crippen LogP contribution in [0.25, 0.3) is 6.08 Å². The van der Waals surface area contributed by atoms with Crippen molar-refractivity contribution in [2.24, 2.45) is 0 Å². The van der Waals surface area contributed by atoms with Crippen molar-refractivity contribution in [3.8, 4) is 0 Å². The fraction of sp³-hybridized carbons (Fsp3) is 0.364. The largest absolute Gasteiger partial charge is 0.300 e. The van der Waals surface area contributed by atoms with Crippen LogP contribution in [-0.2, 0) is 4.79 Å². The molecule has 4 heteroatoms. The van der Waals surface area contributed by atoms with E-state index in [9.17, 15) is 9.59 Å². The zero-order valence-corrected chi connectivity index (χ0v) is 9.15. The van der Waals surface area contributed by atoms with Crippen molar-refractivity contribution in [1.82, 2.24) is 9.55 Å². The number of Topliss-reactive ketones (excluding diaryl/α,β-unsaturated/α-hetero) is 1. The molecule has 1 rings (SSSR count). The molecule has 0 N–H and O–H groups in total. The topological polar surface area (TPSA) is 52.0 Å². The van der Waals surface area contributed by atoms with Gasteiger partial charge in [-0.2, -0.15) is 0 Å². The van der Waals surface area contributed by atoms with Crippen LogP contribution in [-0.4, -0.2) is 21.2 Å². The van der Waals surface area contributed by atoms with Crippen LogP contribution in [0.2, 0.25) is 0 Å². The number of allylic oxidation sites excluding steroid dienone is 1. The second kappa shape index (κ2) is 4.68. The number of hydrogen-bond donors (Lipinski definition) is 0. The summed E-state index contributed by atoms with van der Waals surface area (Å²) in [6, 6.07) is 0. The Kier molecular flexibility index (Phi) is 3.55. The van der Waals surface area contributed by atoms with Gasteiger partial charge in [0.1, 0.15) is 11.6 Å². The van der Waals surface area contributed by atoms with E-state index in [1.54, 1.807) is 18.5 Å². The number of hydrogen-bond acceptors (Lipinski definition) is 3. The SMILES string of the molecule is CC(=O)CC(C)=Cc1nccn1C(C)=O. The molecule has 0 spiro atoms. The lowest BCUT2D eigenvalue weighted by Gasteiger charge is -2.00. The van der Waals surface area contributed by atoms with Crippen LogP contribution >= 0.6 is 0 Å². The first-order chi connectivity index (χ1) is 7.00. The maximum atomic E-state index is 11.2. The highest BCUT2D eigenvalue weighted by molar-refractivity contribution is 5.81. The van der Waals surface area contributed by atoms with Crippen molar-refractivity contribution in [3.63, 3.8) is 0 Å². The molecule has 0 radical (unpaired) electrons. The number of rotatable bonds is 3. The minimum absolute atomic E-state index is 0.0885. The number of aromatic nitrogens is 2. The highest BCUT2D eigenvalue weighted by Crippen LogP contribution is 2.08. The predicted molar refractivity (Wildman–Crippen MR) is 57.5 cm³/mol. The predicted octanol–water partition coefficient (Wildman–Crippen LogP) is 1.93. The molecule has 1 aromatic heterocycles. The van der Waals surface area contributed by atoms with Gasteiger partial charge in [-0.25, -0.2) is 4.98 Å². The summed E-state index contributed by atoms with van der Waals surface area (Å²) in [5, 5.41) is 0. The summed E-state index contributed by atoms with van der Waals surface area (Å²) in [5.41, 5.74) is 0.899. The van der Waals surface area contributed by atoms with Gasteiger partial charge in [-0.3, -0.25) is 14.2 Å². The van der Waals surface area contributed by atoms with E-state index < -0.39 is 0 Å². The van der Waals surface area contributed by atoms with Gasteiger partial charge in [0.15, 0.2) is 0 Å². The van der Waals surface area contributed by atoms with Crippen LogP contribution in [0.3, 0.4) is 0 Å². The van der Waals surface area contributed by atoms with Gasteiger partial charge in [0, 0.05) is 25.7 Å². The maximum Gasteiger partial charge on any atom is 0.229 e. The quantitative estimate of drug-likeness (QED) is 0.759. The van der Waals surface area contributed by atoms with Crippen molar-refractivity contribution >= 4 is 17.8 Å². The smallest absolute Gasteiger partial charge is 0.229 e. The fourth-order valence-corrected chi connectivity index (χ4v) is 1.35. The Balaban J connectivity index is 2.92. The summed E-state index contributed by atoms with van der Waals surface area (Å²) in [6.45, 7) is 4.86. The molecule has 1 heterocycles. The Labute approximate surface area is 88.6 Å². The number of nitrogens with zero attached hydrogens (tertiary/aromatic N) is 2. The third-order valence-corrected chi connectivity index (χ3v) is 1.91. The third kappa shape index (κ3) is 3.16. The van der Waals surface area contributed by atoms with E-state index in [1.165, 1.54) is 18.4 Å². The lowest BCUT2D eigenvalue weighted by Crippen LogP contribution is -2.06. The molecule has 0 bridgehead atoms. The van der Waals surface area contributed by atoms with Crippen molar-refractivity contribution < 1.29 is 9.59 Å². The first-order valence-electron chi connectivity index (χ1n) is 4.71. The minimum atomic E-state index is -0.0885. The molecule has 0 aliphatic rings. The highest BCUT2D eigenvalue weighted by Gasteiger charge is 2.04. The van der Waals surface area contributed by atoms with E-state index in [4.69, 9.17) is 0 Å². The Bertz CT molecular complexity index is 416. The molecule has 0 saturated carbocycles. The Hall–Kier alpha value is -1.71. The lowest BCUT2D eigenvalue weighted by atomic mass is 10.1. The number of ketones is 1. The van der Waals surface area contributed by atoms with Gasteiger partial charge in [-0.1, -0.05) is 5.57 Å². The molecule has 4 nitrogen and oxygen atoms in total. The molecule has 0 amide bonds. The zero-order chi connectivity index (χ0) is 11.4. The Morgan fingerprint density at radius 3 is 2.60 bits per heavy atom. The molecule has 0 atom stereocenters. The molecule has 0 fully saturated rings. The normalized spacial score (nSPS) is 11.5. The van der Waals surface area contributed by atoms with Crippen LogP contribution in [0.1, 0.15) is 37.8 Å². The van der Waals surface area contributed by atoms with Gasteiger partial charge < -0.3 is 0 Å². The molecule has 15 heavy (non-hydrogen) atoms. The fourth-order valence-electron chi connectivity index (χ4n) is 1.35. The van der Waals surface area contributed by atoms with Gasteiger partial charge in [0.2, 0.25) is 5.91 Å². The van der Waals surface area contributed by atoms with Gasteiger partial charge >= 0.3 is 0 Å². The first-order valence-corrected chi connectivity index (χ1v) is 4.71. The summed E-state index contributed by atoms with van der Waals surface area (Å²) in [4.78, 5) is 26.1. The summed E-state index contributed by atoms with van der Waals surface area (Å²) in [6.07, 6.45) is 5.32. The van der Waals surface area contributed by atoms with Gasteiger partial charge in [0.05, 0.1) is 0 Å². The van der Waals surface area contributed by atoms with E-state index in [2.05, 4.69) is 4.98 Å². The number of carbonyl (C=O) groups is 2. The molecule has 0 aliphatic heterocycles. The van der Waals surface area contributed by atoms with Gasteiger partial charge in [0.25, 0.3) is 0 Å². The lowest BCUT2D eigenvalue weighted by molar-refractivity contribution is -0.116. The summed E-state index contributed by atoms with van der Waals surface area (Å²) in [7, 11) is 0. The monoisotopic (exact) mass is 206 g/mol. The van der Waals surface area contributed by atoms with E-state index in [0.29, 0.717) is 12.2 Å². The number of carbonyl (C=O) groups excluding carboxylic acids is 2. The molecular weight excluding hydrogens is 192 g/mol. The second-order valence-electron chi connectivity index (χ2n) is 3.54. The standard InChI is InChI=1S/C11H14N2O2/c1-8(6-9(2)14)7-11-12-4-5-13(11)10(3)15/h4-5,7H,6H2,1-3H3. The van der Waals surface area contributed by atoms with E-state index in [-0.39, 0.29) is 11.7 Å². The highest BCUT2D eigenvalue weighted by atomic mass is 16.1. The maximum absolute atomic E-state index is 11.2. The van der Waals surface area contributed by atoms with Crippen LogP contribution in [0.5, 0.6) is 0 Å². The minimum Gasteiger partial charge on any atom is -0.300 e. The number of imidazole rings is 1. The molecule has 0 aromatic carbocycles. The third-order valence-electron chi connectivity index (χ3n) is 1.91. The Morgan fingerprint density at radius 1 is 1.40 bits per heavy atom. The average Bonchev–Trinajstić information content (AvgIpc) is 2.50. The molecule has 0 unspecified atom stereocenters. The van der Waals surface area contributed by atoms with E-state index in [0.717, 1.165) is 5.57 Å². The van der Waals surface area contributed by atoms with Crippen molar-refractivity contribution in [1.29, 1.82) is 0 Å². The first kappa shape index (κ1) is 11.4.